The Labute approximate surface area is 193 Å². The first-order chi connectivity index (χ1) is 16.3. The van der Waals surface area contributed by atoms with Crippen molar-refractivity contribution in [3.8, 4) is 0 Å². The molecule has 0 aliphatic heterocycles. The van der Waals surface area contributed by atoms with Gasteiger partial charge in [0, 0.05) is 37.8 Å². The average Bonchev–Trinajstić information content (AvgIpc) is 3.39. The van der Waals surface area contributed by atoms with Gasteiger partial charge in [-0.3, -0.25) is 13.9 Å². The van der Waals surface area contributed by atoms with E-state index in [9.17, 15) is 22.8 Å². The Kier molecular flexibility index (Phi) is 6.79. The minimum absolute atomic E-state index is 0.0231. The van der Waals surface area contributed by atoms with E-state index in [1.54, 1.807) is 0 Å². The summed E-state index contributed by atoms with van der Waals surface area (Å²) in [5, 5.41) is 11.6. The molecule has 0 saturated heterocycles. The molecular formula is C19H18ClF3N8O3. The van der Waals surface area contributed by atoms with Gasteiger partial charge in [-0.25, -0.2) is 18.0 Å². The zero-order valence-corrected chi connectivity index (χ0v) is 18.5. The Bertz CT molecular complexity index is 1440. The van der Waals surface area contributed by atoms with Crippen molar-refractivity contribution in [1.29, 1.82) is 0 Å². The summed E-state index contributed by atoms with van der Waals surface area (Å²) in [5.74, 6) is -3.10. The van der Waals surface area contributed by atoms with E-state index < -0.39 is 28.7 Å². The minimum atomic E-state index is -1.05. The first-order valence-corrected chi connectivity index (χ1v) is 10.4. The summed E-state index contributed by atoms with van der Waals surface area (Å²) in [6, 6.07) is 1.15. The van der Waals surface area contributed by atoms with Gasteiger partial charge in [-0.15, -0.1) is 10.2 Å². The molecule has 0 fully saturated rings. The molecule has 0 saturated carbocycles. The summed E-state index contributed by atoms with van der Waals surface area (Å²) in [6.07, 6.45) is -0.0548. The predicted molar refractivity (Wildman–Crippen MR) is 113 cm³/mol. The second-order valence-corrected chi connectivity index (χ2v) is 7.65. The molecule has 34 heavy (non-hydrogen) atoms. The summed E-state index contributed by atoms with van der Waals surface area (Å²) < 4.78 is 48.1. The average molecular weight is 499 g/mol. The van der Waals surface area contributed by atoms with Crippen molar-refractivity contribution in [2.45, 2.75) is 32.5 Å². The molecule has 1 N–H and O–H groups in total. The number of rotatable bonds is 9. The van der Waals surface area contributed by atoms with Crippen LogP contribution in [0.5, 0.6) is 0 Å². The molecule has 11 nitrogen and oxygen atoms in total. The number of nitrogens with zero attached hydrogens (tertiary/aromatic N) is 7. The molecule has 0 unspecified atom stereocenters. The van der Waals surface area contributed by atoms with Crippen molar-refractivity contribution < 1.29 is 17.9 Å². The van der Waals surface area contributed by atoms with Gasteiger partial charge >= 0.3 is 5.69 Å². The predicted octanol–water partition coefficient (Wildman–Crippen LogP) is 1.27. The highest BCUT2D eigenvalue weighted by atomic mass is 35.5. The van der Waals surface area contributed by atoms with Gasteiger partial charge in [-0.1, -0.05) is 0 Å². The summed E-state index contributed by atoms with van der Waals surface area (Å²) in [5.41, 5.74) is -1.31. The van der Waals surface area contributed by atoms with Crippen LogP contribution in [0.15, 0.2) is 21.7 Å². The van der Waals surface area contributed by atoms with Crippen LogP contribution in [0.3, 0.4) is 0 Å². The van der Waals surface area contributed by atoms with Crippen LogP contribution in [0, 0.1) is 17.5 Å². The van der Waals surface area contributed by atoms with E-state index in [1.165, 1.54) is 16.5 Å². The van der Waals surface area contributed by atoms with Gasteiger partial charge in [0.15, 0.2) is 17.0 Å². The molecule has 0 radical (unpaired) electrons. The Morgan fingerprint density at radius 2 is 1.82 bits per heavy atom. The zero-order chi connectivity index (χ0) is 24.4. The minimum Gasteiger partial charge on any atom is -0.383 e. The fourth-order valence-electron chi connectivity index (χ4n) is 3.43. The highest BCUT2D eigenvalue weighted by Gasteiger charge is 2.18. The maximum Gasteiger partial charge on any atom is 0.332 e. The van der Waals surface area contributed by atoms with Gasteiger partial charge in [0.2, 0.25) is 5.28 Å². The number of ether oxygens (including phenoxy) is 1. The molecule has 4 aromatic rings. The number of nitrogens with one attached hydrogen (secondary N) is 1. The molecule has 180 valence electrons. The quantitative estimate of drug-likeness (QED) is 0.344. The van der Waals surface area contributed by atoms with Crippen LogP contribution in [0.4, 0.5) is 13.2 Å². The molecular weight excluding hydrogens is 481 g/mol. The molecule has 0 spiro atoms. The first kappa shape index (κ1) is 23.6. The summed E-state index contributed by atoms with van der Waals surface area (Å²) in [7, 11) is 1.48. The Morgan fingerprint density at radius 3 is 2.53 bits per heavy atom. The van der Waals surface area contributed by atoms with Gasteiger partial charge in [-0.2, -0.15) is 9.78 Å². The number of aromatic nitrogens is 8. The van der Waals surface area contributed by atoms with Gasteiger partial charge < -0.3 is 9.72 Å². The lowest BCUT2D eigenvalue weighted by atomic mass is 10.1. The lowest BCUT2D eigenvalue weighted by molar-refractivity contribution is 0.186. The number of methoxy groups -OCH3 is 1. The topological polar surface area (TPSA) is 126 Å². The van der Waals surface area contributed by atoms with Gasteiger partial charge in [0.05, 0.1) is 19.7 Å². The molecule has 15 heteroatoms. The number of tetrazole rings is 1. The fourth-order valence-corrected chi connectivity index (χ4v) is 3.61. The third kappa shape index (κ3) is 4.72. The van der Waals surface area contributed by atoms with Crippen LogP contribution in [-0.4, -0.2) is 53.0 Å². The Balaban J connectivity index is 1.49. The number of aromatic amines is 1. The number of hydrogen-bond donors (Lipinski definition) is 1. The molecule has 0 aliphatic rings. The third-order valence-corrected chi connectivity index (χ3v) is 5.21. The second kappa shape index (κ2) is 9.77. The highest BCUT2D eigenvalue weighted by molar-refractivity contribution is 6.28. The molecule has 0 amide bonds. The second-order valence-electron chi connectivity index (χ2n) is 7.29. The van der Waals surface area contributed by atoms with Crippen molar-refractivity contribution in [3.05, 3.63) is 67.1 Å². The molecule has 0 bridgehead atoms. The van der Waals surface area contributed by atoms with Gasteiger partial charge in [-0.05, 0) is 23.2 Å². The Morgan fingerprint density at radius 1 is 1.09 bits per heavy atom. The largest absolute Gasteiger partial charge is 0.383 e. The first-order valence-electron chi connectivity index (χ1n) is 10.1. The number of hydrogen-bond acceptors (Lipinski definition) is 7. The molecule has 0 atom stereocenters. The SMILES string of the molecule is COCCn1c(=O)n(CCCn2nnc(Cc3c(F)cc(F)cc3F)n2)c(=O)c2[nH]c(Cl)nc21. The Hall–Kier alpha value is -3.52. The van der Waals surface area contributed by atoms with E-state index in [-0.39, 0.29) is 66.9 Å². The van der Waals surface area contributed by atoms with Crippen LogP contribution in [0.1, 0.15) is 17.8 Å². The van der Waals surface area contributed by atoms with E-state index in [0.717, 1.165) is 4.57 Å². The molecule has 1 aromatic carbocycles. The summed E-state index contributed by atoms with van der Waals surface area (Å²) in [6.45, 7) is 0.568. The van der Waals surface area contributed by atoms with Crippen LogP contribution in [0.2, 0.25) is 5.28 Å². The van der Waals surface area contributed by atoms with Gasteiger partial charge in [0.1, 0.15) is 17.5 Å². The molecule has 3 aromatic heterocycles. The van der Waals surface area contributed by atoms with Crippen molar-refractivity contribution in [1.82, 2.24) is 39.3 Å². The molecule has 3 heterocycles. The lowest BCUT2D eigenvalue weighted by Gasteiger charge is -2.10. The summed E-state index contributed by atoms with van der Waals surface area (Å²) >= 11 is 5.88. The zero-order valence-electron chi connectivity index (χ0n) is 17.8. The number of H-pyrrole nitrogens is 1. The van der Waals surface area contributed by atoms with Crippen molar-refractivity contribution in [2.75, 3.05) is 13.7 Å². The molecule has 0 aliphatic carbocycles. The van der Waals surface area contributed by atoms with Crippen LogP contribution in [-0.2, 0) is 30.8 Å². The number of halogens is 4. The normalized spacial score (nSPS) is 11.6. The maximum atomic E-state index is 13.8. The number of benzene rings is 1. The lowest BCUT2D eigenvalue weighted by Crippen LogP contribution is -2.41. The maximum absolute atomic E-state index is 13.8. The van der Waals surface area contributed by atoms with Crippen LogP contribution < -0.4 is 11.2 Å². The standard InChI is InChI=1S/C19H18ClF3N8O3/c1-34-6-5-29-16-15(24-18(20)25-16)17(32)30(19(29)33)3-2-4-31-27-14(26-28-31)9-11-12(22)7-10(21)8-13(11)23/h7-8H,2-6,9H2,1H3,(H,24,25). The fraction of sp³-hybridized carbons (Fsp3) is 0.368. The van der Waals surface area contributed by atoms with E-state index >= 15 is 0 Å². The number of imidazole rings is 1. The van der Waals surface area contributed by atoms with Gasteiger partial charge in [0.25, 0.3) is 5.56 Å². The monoisotopic (exact) mass is 498 g/mol. The van der Waals surface area contributed by atoms with Crippen LogP contribution >= 0.6 is 11.6 Å². The van der Waals surface area contributed by atoms with E-state index in [1.807, 2.05) is 0 Å². The smallest absolute Gasteiger partial charge is 0.332 e. The molecule has 4 rings (SSSR count). The number of aryl methyl sites for hydroxylation is 1. The van der Waals surface area contributed by atoms with E-state index in [4.69, 9.17) is 16.3 Å². The summed E-state index contributed by atoms with van der Waals surface area (Å²) in [4.78, 5) is 33.5. The van der Waals surface area contributed by atoms with Crippen molar-refractivity contribution in [2.24, 2.45) is 0 Å². The third-order valence-electron chi connectivity index (χ3n) is 5.03. The van der Waals surface area contributed by atoms with E-state index in [2.05, 4.69) is 25.4 Å². The highest BCUT2D eigenvalue weighted by Crippen LogP contribution is 2.17. The van der Waals surface area contributed by atoms with Crippen LogP contribution in [0.25, 0.3) is 11.2 Å². The van der Waals surface area contributed by atoms with Crippen molar-refractivity contribution >= 4 is 22.8 Å². The van der Waals surface area contributed by atoms with E-state index in [0.29, 0.717) is 12.1 Å². The number of fused-ring (bicyclic) bond motifs is 1. The van der Waals surface area contributed by atoms with Crippen molar-refractivity contribution in [3.63, 3.8) is 0 Å².